The smallest absolute Gasteiger partial charge is 0.315 e. The van der Waals surface area contributed by atoms with Crippen LogP contribution >= 0.6 is 23.2 Å². The van der Waals surface area contributed by atoms with E-state index < -0.39 is 18.4 Å². The third-order valence-corrected chi connectivity index (χ3v) is 3.09. The molecule has 0 spiro atoms. The Bertz CT molecular complexity index is 426. The van der Waals surface area contributed by atoms with Crippen LogP contribution in [0.3, 0.4) is 0 Å². The van der Waals surface area contributed by atoms with E-state index in [4.69, 9.17) is 23.2 Å². The Kier molecular flexibility index (Phi) is 4.71. The average molecular weight is 282 g/mol. The van der Waals surface area contributed by atoms with Gasteiger partial charge in [0, 0.05) is 17.1 Å². The second kappa shape index (κ2) is 5.65. The summed E-state index contributed by atoms with van der Waals surface area (Å²) in [5, 5.41) is 0.799. The molecule has 0 heterocycles. The normalized spacial score (nSPS) is 12.6. The molecule has 0 fully saturated rings. The molecule has 0 aliphatic carbocycles. The minimum Gasteiger partial charge on any atom is -0.334 e. The van der Waals surface area contributed by atoms with Gasteiger partial charge in [0.2, 0.25) is 0 Å². The van der Waals surface area contributed by atoms with Crippen molar-refractivity contribution in [1.29, 1.82) is 0 Å². The molecule has 2 nitrogen and oxygen atoms in total. The van der Waals surface area contributed by atoms with Gasteiger partial charge in [-0.1, -0.05) is 29.3 Å². The standard InChI is InChI=1S/C11H11Cl2F2NO/c1-6(16(2)11(17)10(14)15)8-4-3-7(12)5-9(8)13/h3-6,10H,1-2H3. The molecule has 0 aliphatic rings. The molecule has 6 heteroatoms. The molecule has 1 unspecified atom stereocenters. The summed E-state index contributed by atoms with van der Waals surface area (Å²) >= 11 is 11.7. The molecule has 0 aliphatic heterocycles. The number of carbonyl (C=O) groups is 1. The summed E-state index contributed by atoms with van der Waals surface area (Å²) in [6.07, 6.45) is -3.02. The second-order valence-electron chi connectivity index (χ2n) is 3.59. The maximum atomic E-state index is 12.3. The summed E-state index contributed by atoms with van der Waals surface area (Å²) in [6, 6.07) is 4.18. The lowest BCUT2D eigenvalue weighted by molar-refractivity contribution is -0.143. The Morgan fingerprint density at radius 3 is 2.41 bits per heavy atom. The maximum Gasteiger partial charge on any atom is 0.315 e. The van der Waals surface area contributed by atoms with Crippen LogP contribution in [0.5, 0.6) is 0 Å². The van der Waals surface area contributed by atoms with Crippen LogP contribution in [-0.4, -0.2) is 24.3 Å². The highest BCUT2D eigenvalue weighted by Gasteiger charge is 2.25. The Balaban J connectivity index is 2.96. The number of hydrogen-bond donors (Lipinski definition) is 0. The molecule has 0 N–H and O–H groups in total. The van der Waals surface area contributed by atoms with Gasteiger partial charge in [-0.3, -0.25) is 4.79 Å². The number of halogens is 4. The summed E-state index contributed by atoms with van der Waals surface area (Å²) in [5.74, 6) is -1.23. The van der Waals surface area contributed by atoms with E-state index in [2.05, 4.69) is 0 Å². The van der Waals surface area contributed by atoms with Gasteiger partial charge in [-0.05, 0) is 24.6 Å². The van der Waals surface area contributed by atoms with E-state index in [0.29, 0.717) is 15.6 Å². The Hall–Kier alpha value is -0.870. The van der Waals surface area contributed by atoms with Gasteiger partial charge in [0.15, 0.2) is 0 Å². The van der Waals surface area contributed by atoms with E-state index >= 15 is 0 Å². The minimum atomic E-state index is -3.02. The number of benzene rings is 1. The van der Waals surface area contributed by atoms with Crippen LogP contribution < -0.4 is 0 Å². The lowest BCUT2D eigenvalue weighted by atomic mass is 10.1. The van der Waals surface area contributed by atoms with Crippen LogP contribution in [0, 0.1) is 0 Å². The van der Waals surface area contributed by atoms with Crippen molar-refractivity contribution >= 4 is 29.1 Å². The van der Waals surface area contributed by atoms with Crippen LogP contribution in [0.4, 0.5) is 8.78 Å². The summed E-state index contributed by atoms with van der Waals surface area (Å²) in [7, 11) is 1.31. The van der Waals surface area contributed by atoms with Crippen molar-refractivity contribution in [3.8, 4) is 0 Å². The van der Waals surface area contributed by atoms with Crippen molar-refractivity contribution in [2.45, 2.75) is 19.4 Å². The van der Waals surface area contributed by atoms with Crippen LogP contribution in [-0.2, 0) is 4.79 Å². The minimum absolute atomic E-state index is 0.346. The molecular weight excluding hydrogens is 271 g/mol. The zero-order valence-corrected chi connectivity index (χ0v) is 10.8. The molecule has 1 aromatic rings. The Morgan fingerprint density at radius 2 is 1.94 bits per heavy atom. The fraction of sp³-hybridized carbons (Fsp3) is 0.364. The molecule has 1 atom stereocenters. The van der Waals surface area contributed by atoms with Crippen LogP contribution in [0.15, 0.2) is 18.2 Å². The van der Waals surface area contributed by atoms with Crippen molar-refractivity contribution in [3.63, 3.8) is 0 Å². The molecule has 1 aromatic carbocycles. The van der Waals surface area contributed by atoms with Crippen LogP contribution in [0.25, 0.3) is 0 Å². The van der Waals surface area contributed by atoms with E-state index in [1.54, 1.807) is 19.1 Å². The van der Waals surface area contributed by atoms with Gasteiger partial charge in [-0.2, -0.15) is 8.78 Å². The first-order chi connectivity index (χ1) is 7.84. The molecule has 0 saturated heterocycles. The summed E-state index contributed by atoms with van der Waals surface area (Å²) < 4.78 is 24.5. The van der Waals surface area contributed by atoms with Crippen LogP contribution in [0.1, 0.15) is 18.5 Å². The molecule has 94 valence electrons. The highest BCUT2D eigenvalue weighted by Crippen LogP contribution is 2.29. The highest BCUT2D eigenvalue weighted by atomic mass is 35.5. The SMILES string of the molecule is CC(c1ccc(Cl)cc1Cl)N(C)C(=O)C(F)F. The van der Waals surface area contributed by atoms with Gasteiger partial charge in [-0.15, -0.1) is 0 Å². The summed E-state index contributed by atoms with van der Waals surface area (Å²) in [4.78, 5) is 12.1. The number of amides is 1. The molecular formula is C11H11Cl2F2NO. The maximum absolute atomic E-state index is 12.3. The second-order valence-corrected chi connectivity index (χ2v) is 4.44. The lowest BCUT2D eigenvalue weighted by Gasteiger charge is -2.25. The number of carbonyl (C=O) groups excluding carboxylic acids is 1. The lowest BCUT2D eigenvalue weighted by Crippen LogP contribution is -2.34. The van der Waals surface area contributed by atoms with Crippen molar-refractivity contribution in [2.24, 2.45) is 0 Å². The predicted octanol–water partition coefficient (Wildman–Crippen LogP) is 3.78. The fourth-order valence-electron chi connectivity index (χ4n) is 1.39. The largest absolute Gasteiger partial charge is 0.334 e. The molecule has 0 saturated carbocycles. The van der Waals surface area contributed by atoms with E-state index in [0.717, 1.165) is 4.90 Å². The van der Waals surface area contributed by atoms with E-state index in [1.165, 1.54) is 13.1 Å². The molecule has 1 amide bonds. The van der Waals surface area contributed by atoms with Gasteiger partial charge in [0.1, 0.15) is 0 Å². The zero-order chi connectivity index (χ0) is 13.2. The molecule has 1 rings (SSSR count). The average Bonchev–Trinajstić information content (AvgIpc) is 2.26. The summed E-state index contributed by atoms with van der Waals surface area (Å²) in [6.45, 7) is 1.62. The fourth-order valence-corrected chi connectivity index (χ4v) is 1.96. The molecule has 17 heavy (non-hydrogen) atoms. The van der Waals surface area contributed by atoms with Gasteiger partial charge in [-0.25, -0.2) is 0 Å². The van der Waals surface area contributed by atoms with Crippen molar-refractivity contribution in [3.05, 3.63) is 33.8 Å². The Morgan fingerprint density at radius 1 is 1.35 bits per heavy atom. The van der Waals surface area contributed by atoms with E-state index in [9.17, 15) is 13.6 Å². The van der Waals surface area contributed by atoms with E-state index in [-0.39, 0.29) is 0 Å². The van der Waals surface area contributed by atoms with Gasteiger partial charge >= 0.3 is 6.43 Å². The number of rotatable bonds is 3. The highest BCUT2D eigenvalue weighted by molar-refractivity contribution is 6.35. The topological polar surface area (TPSA) is 20.3 Å². The quantitative estimate of drug-likeness (QED) is 0.826. The molecule has 0 radical (unpaired) electrons. The zero-order valence-electron chi connectivity index (χ0n) is 9.25. The van der Waals surface area contributed by atoms with Crippen LogP contribution in [0.2, 0.25) is 10.0 Å². The number of alkyl halides is 2. The monoisotopic (exact) mass is 281 g/mol. The summed E-state index contributed by atoms with van der Waals surface area (Å²) in [5.41, 5.74) is 0.576. The third-order valence-electron chi connectivity index (χ3n) is 2.53. The van der Waals surface area contributed by atoms with Crippen molar-refractivity contribution in [2.75, 3.05) is 7.05 Å². The van der Waals surface area contributed by atoms with Gasteiger partial charge in [0.05, 0.1) is 6.04 Å². The van der Waals surface area contributed by atoms with E-state index in [1.807, 2.05) is 0 Å². The van der Waals surface area contributed by atoms with Gasteiger partial charge in [0.25, 0.3) is 5.91 Å². The number of hydrogen-bond acceptors (Lipinski definition) is 1. The first-order valence-electron chi connectivity index (χ1n) is 4.84. The Labute approximate surface area is 108 Å². The third kappa shape index (κ3) is 3.30. The first kappa shape index (κ1) is 14.2. The molecule has 0 bridgehead atoms. The predicted molar refractivity (Wildman–Crippen MR) is 63.7 cm³/mol. The van der Waals surface area contributed by atoms with Crippen molar-refractivity contribution < 1.29 is 13.6 Å². The van der Waals surface area contributed by atoms with Gasteiger partial charge < -0.3 is 4.90 Å². The first-order valence-corrected chi connectivity index (χ1v) is 5.60. The number of nitrogens with zero attached hydrogens (tertiary/aromatic N) is 1. The van der Waals surface area contributed by atoms with Crippen molar-refractivity contribution in [1.82, 2.24) is 4.90 Å². The molecule has 0 aromatic heterocycles.